The van der Waals surface area contributed by atoms with Gasteiger partial charge in [-0.05, 0) is 73.6 Å². The summed E-state index contributed by atoms with van der Waals surface area (Å²) in [4.78, 5) is 24.8. The fraction of sp³-hybridized carbons (Fsp3) is 0.500. The van der Waals surface area contributed by atoms with E-state index in [9.17, 15) is 4.79 Å². The molecular formula is C32H38ClN5O2. The normalized spacial score (nSPS) is 27.8. The zero-order valence-electron chi connectivity index (χ0n) is 23.4. The average Bonchev–Trinajstić information content (AvgIpc) is 3.35. The van der Waals surface area contributed by atoms with Gasteiger partial charge in [-0.25, -0.2) is 4.98 Å². The summed E-state index contributed by atoms with van der Waals surface area (Å²) >= 11 is 6.69. The highest BCUT2D eigenvalue weighted by atomic mass is 35.5. The highest BCUT2D eigenvalue weighted by Gasteiger charge is 2.69. The van der Waals surface area contributed by atoms with Crippen molar-refractivity contribution in [2.45, 2.75) is 57.2 Å². The number of amides is 1. The number of rotatable bonds is 7. The number of anilines is 1. The van der Waals surface area contributed by atoms with E-state index in [1.807, 2.05) is 30.5 Å². The van der Waals surface area contributed by atoms with Gasteiger partial charge in [-0.1, -0.05) is 25.0 Å². The number of primary amides is 1. The molecule has 3 heterocycles. The molecular weight excluding hydrogens is 522 g/mol. The van der Waals surface area contributed by atoms with Gasteiger partial charge in [0.05, 0.1) is 11.8 Å². The van der Waals surface area contributed by atoms with Crippen molar-refractivity contribution in [3.05, 3.63) is 59.4 Å². The van der Waals surface area contributed by atoms with Crippen molar-refractivity contribution in [2.75, 3.05) is 37.6 Å². The number of hydrogen-bond acceptors (Lipinski definition) is 5. The van der Waals surface area contributed by atoms with E-state index >= 15 is 0 Å². The minimum absolute atomic E-state index is 0.114. The lowest BCUT2D eigenvalue weighted by Crippen LogP contribution is -2.65. The van der Waals surface area contributed by atoms with Crippen molar-refractivity contribution in [1.82, 2.24) is 14.9 Å². The smallest absolute Gasteiger partial charge is 0.252 e. The van der Waals surface area contributed by atoms with Crippen molar-refractivity contribution < 1.29 is 9.53 Å². The molecule has 0 radical (unpaired) electrons. The molecule has 2 bridgehead atoms. The van der Waals surface area contributed by atoms with E-state index < -0.39 is 5.91 Å². The average molecular weight is 560 g/mol. The van der Waals surface area contributed by atoms with Crippen LogP contribution in [0.25, 0.3) is 11.0 Å². The number of H-pyrrole nitrogens is 1. The summed E-state index contributed by atoms with van der Waals surface area (Å²) in [6, 6.07) is 9.53. The molecule has 0 unspecified atom stereocenters. The van der Waals surface area contributed by atoms with E-state index in [1.54, 1.807) is 23.4 Å². The number of nitrogens with two attached hydrogens (primary N) is 1. The number of carbonyl (C=O) groups excluding carboxylic acids is 1. The van der Waals surface area contributed by atoms with Crippen LogP contribution in [0.2, 0.25) is 0 Å². The van der Waals surface area contributed by atoms with Gasteiger partial charge < -0.3 is 20.4 Å². The lowest BCUT2D eigenvalue weighted by molar-refractivity contribution is -0.0535. The number of piperazine rings is 1. The van der Waals surface area contributed by atoms with Gasteiger partial charge in [-0.3, -0.25) is 9.69 Å². The number of carbonyl (C=O) groups is 1. The Morgan fingerprint density at radius 2 is 1.90 bits per heavy atom. The van der Waals surface area contributed by atoms with Gasteiger partial charge in [0.25, 0.3) is 5.91 Å². The number of aromatic amines is 1. The highest BCUT2D eigenvalue weighted by Crippen LogP contribution is 2.75. The van der Waals surface area contributed by atoms with Crippen molar-refractivity contribution in [3.8, 4) is 11.5 Å². The van der Waals surface area contributed by atoms with Crippen LogP contribution in [0.4, 0.5) is 5.69 Å². The van der Waals surface area contributed by atoms with Gasteiger partial charge in [0.1, 0.15) is 17.1 Å². The number of fused-ring (bicyclic) bond motifs is 1. The zero-order chi connectivity index (χ0) is 27.7. The van der Waals surface area contributed by atoms with E-state index in [1.165, 1.54) is 38.5 Å². The molecule has 8 rings (SSSR count). The summed E-state index contributed by atoms with van der Waals surface area (Å²) in [5.41, 5.74) is 12.1. The molecule has 3 aromatic rings. The van der Waals surface area contributed by atoms with Crippen molar-refractivity contribution in [2.24, 2.45) is 16.6 Å². The van der Waals surface area contributed by atoms with Crippen LogP contribution >= 0.6 is 11.6 Å². The molecule has 40 heavy (non-hydrogen) atoms. The first kappa shape index (κ1) is 25.9. The Kier molecular flexibility index (Phi) is 5.99. The fourth-order valence-electron chi connectivity index (χ4n) is 7.59. The molecule has 0 spiro atoms. The van der Waals surface area contributed by atoms with Crippen LogP contribution in [0.5, 0.6) is 11.5 Å². The standard InChI is InChI=1S/C32H38ClN5O2/c1-30(2)7-5-22(26(15-30)31-18-32(33,19-31)20-31)17-37-9-11-38(12-10-37)23-3-4-25(28(34)39)27(14-23)40-24-13-21-6-8-35-29(21)36-16-24/h3-4,6,8,13-14,16H,5,7,9-12,15,17-20H2,1-2H3,(H2,34,39)(H,35,36). The molecule has 1 aromatic carbocycles. The lowest BCUT2D eigenvalue weighted by Gasteiger charge is -2.70. The van der Waals surface area contributed by atoms with Crippen LogP contribution in [-0.2, 0) is 0 Å². The Hall–Kier alpha value is -3.03. The van der Waals surface area contributed by atoms with E-state index in [4.69, 9.17) is 22.1 Å². The van der Waals surface area contributed by atoms with Gasteiger partial charge >= 0.3 is 0 Å². The second-order valence-electron chi connectivity index (χ2n) is 13.4. The molecule has 1 amide bonds. The predicted molar refractivity (Wildman–Crippen MR) is 159 cm³/mol. The summed E-state index contributed by atoms with van der Waals surface area (Å²) in [7, 11) is 0. The Morgan fingerprint density at radius 1 is 1.12 bits per heavy atom. The number of benzene rings is 1. The van der Waals surface area contributed by atoms with Crippen molar-refractivity contribution in [1.29, 1.82) is 0 Å². The summed E-state index contributed by atoms with van der Waals surface area (Å²) in [6.45, 7) is 9.82. The third-order valence-electron chi connectivity index (χ3n) is 9.78. The maximum atomic E-state index is 12.2. The Labute approximate surface area is 240 Å². The molecule has 8 heteroatoms. The molecule has 7 nitrogen and oxygen atoms in total. The van der Waals surface area contributed by atoms with Crippen LogP contribution in [-0.4, -0.2) is 58.4 Å². The summed E-state index contributed by atoms with van der Waals surface area (Å²) in [5.74, 6) is 0.519. The lowest BCUT2D eigenvalue weighted by atomic mass is 9.39. The number of aromatic nitrogens is 2. The molecule has 3 saturated carbocycles. The fourth-order valence-corrected chi connectivity index (χ4v) is 8.35. The van der Waals surface area contributed by atoms with Crippen LogP contribution in [0.1, 0.15) is 62.7 Å². The van der Waals surface area contributed by atoms with E-state index in [2.05, 4.69) is 33.6 Å². The maximum absolute atomic E-state index is 12.2. The number of hydrogen-bond donors (Lipinski definition) is 2. The van der Waals surface area contributed by atoms with E-state index in [0.29, 0.717) is 27.9 Å². The van der Waals surface area contributed by atoms with E-state index in [-0.39, 0.29) is 4.87 Å². The summed E-state index contributed by atoms with van der Waals surface area (Å²) in [6.07, 6.45) is 10.8. The molecule has 4 fully saturated rings. The van der Waals surface area contributed by atoms with Crippen LogP contribution in [0.15, 0.2) is 53.9 Å². The summed E-state index contributed by atoms with van der Waals surface area (Å²) < 4.78 is 6.16. The monoisotopic (exact) mass is 559 g/mol. The Balaban J connectivity index is 1.05. The number of allylic oxidation sites excluding steroid dienone is 1. The number of nitrogens with one attached hydrogen (secondary N) is 1. The van der Waals surface area contributed by atoms with E-state index in [0.717, 1.165) is 49.4 Å². The second kappa shape index (κ2) is 9.25. The molecule has 3 N–H and O–H groups in total. The third-order valence-corrected chi connectivity index (χ3v) is 10.2. The Morgan fingerprint density at radius 3 is 2.62 bits per heavy atom. The van der Waals surface area contributed by atoms with Gasteiger partial charge in [-0.2, -0.15) is 0 Å². The SMILES string of the molecule is CC1(C)CCC(CN2CCN(c3ccc(C(N)=O)c(Oc4cnc5[nH]ccc5c4)c3)CC2)=C(C23CC(Cl)(C2)C3)C1. The summed E-state index contributed by atoms with van der Waals surface area (Å²) in [5, 5.41) is 0.946. The largest absolute Gasteiger partial charge is 0.455 e. The van der Waals surface area contributed by atoms with Gasteiger partial charge in [0.2, 0.25) is 0 Å². The molecule has 0 atom stereocenters. The molecule has 1 aliphatic heterocycles. The maximum Gasteiger partial charge on any atom is 0.252 e. The van der Waals surface area contributed by atoms with Crippen LogP contribution in [0, 0.1) is 10.8 Å². The minimum Gasteiger partial charge on any atom is -0.455 e. The third kappa shape index (κ3) is 4.57. The zero-order valence-corrected chi connectivity index (χ0v) is 24.2. The van der Waals surface area contributed by atoms with Gasteiger partial charge in [0.15, 0.2) is 0 Å². The first-order valence-corrected chi connectivity index (χ1v) is 14.9. The quantitative estimate of drug-likeness (QED) is 0.264. The number of halogens is 1. The van der Waals surface area contributed by atoms with Crippen LogP contribution < -0.4 is 15.4 Å². The predicted octanol–water partition coefficient (Wildman–Crippen LogP) is 6.24. The van der Waals surface area contributed by atoms with Crippen molar-refractivity contribution in [3.63, 3.8) is 0 Å². The molecule has 4 aliphatic carbocycles. The topological polar surface area (TPSA) is 87.5 Å². The Bertz CT molecular complexity index is 1500. The molecule has 5 aliphatic rings. The van der Waals surface area contributed by atoms with Gasteiger partial charge in [0, 0.05) is 60.9 Å². The number of alkyl halides is 1. The van der Waals surface area contributed by atoms with Crippen molar-refractivity contribution >= 4 is 34.2 Å². The second-order valence-corrected chi connectivity index (χ2v) is 14.2. The first-order valence-electron chi connectivity index (χ1n) is 14.5. The van der Waals surface area contributed by atoms with Gasteiger partial charge in [-0.15, -0.1) is 11.6 Å². The molecule has 2 aromatic heterocycles. The van der Waals surface area contributed by atoms with Crippen LogP contribution in [0.3, 0.4) is 0 Å². The number of pyridine rings is 1. The molecule has 210 valence electrons. The number of nitrogens with zero attached hydrogens (tertiary/aromatic N) is 3. The first-order chi connectivity index (χ1) is 19.1. The molecule has 1 saturated heterocycles. The number of ether oxygens (including phenoxy) is 1. The highest BCUT2D eigenvalue weighted by molar-refractivity contribution is 6.26. The minimum atomic E-state index is -0.509.